The second kappa shape index (κ2) is 13.4. The summed E-state index contributed by atoms with van der Waals surface area (Å²) < 4.78 is 13.5. The van der Waals surface area contributed by atoms with Gasteiger partial charge in [-0.25, -0.2) is 9.37 Å². The number of unbranched alkanes of at least 4 members (excludes halogenated alkanes) is 1. The summed E-state index contributed by atoms with van der Waals surface area (Å²) in [6.45, 7) is 8.20. The molecule has 3 amide bonds. The Morgan fingerprint density at radius 3 is 2.56 bits per heavy atom. The van der Waals surface area contributed by atoms with Crippen molar-refractivity contribution in [2.45, 2.75) is 38.6 Å². The van der Waals surface area contributed by atoms with Gasteiger partial charge in [-0.2, -0.15) is 0 Å². The van der Waals surface area contributed by atoms with E-state index in [0.29, 0.717) is 57.5 Å². The van der Waals surface area contributed by atoms with E-state index in [1.54, 1.807) is 17.0 Å². The van der Waals surface area contributed by atoms with E-state index in [-0.39, 0.29) is 24.1 Å². The lowest BCUT2D eigenvalue weighted by molar-refractivity contribution is -0.136. The third-order valence-electron chi connectivity index (χ3n) is 6.08. The standard InChI is InChI=1S/C27H34FN5O3/c1-3-25(34)29-13-5-4-11-23(31-26(35)19-21-9-7-10-22(28)18-21)27(36)33-16-14-32(15-17-33)24-12-6-8-20(2)30-24/h3,6-10,12,18,23H,1,4-5,11,13-17,19H2,2H3,(H,29,34)(H,31,35). The maximum absolute atomic E-state index is 13.5. The van der Waals surface area contributed by atoms with Gasteiger partial charge in [-0.3, -0.25) is 14.4 Å². The Morgan fingerprint density at radius 1 is 1.11 bits per heavy atom. The van der Waals surface area contributed by atoms with Gasteiger partial charge in [0, 0.05) is 38.4 Å². The second-order valence-corrected chi connectivity index (χ2v) is 8.87. The number of hydrogen-bond donors (Lipinski definition) is 2. The number of carbonyl (C=O) groups is 3. The van der Waals surface area contributed by atoms with Gasteiger partial charge in [-0.05, 0) is 62.1 Å². The Balaban J connectivity index is 1.58. The van der Waals surface area contributed by atoms with Crippen molar-refractivity contribution < 1.29 is 18.8 Å². The van der Waals surface area contributed by atoms with E-state index in [2.05, 4.69) is 27.1 Å². The van der Waals surface area contributed by atoms with Crippen LogP contribution in [-0.2, 0) is 20.8 Å². The number of hydrogen-bond acceptors (Lipinski definition) is 5. The SMILES string of the molecule is C=CC(=O)NCCCCC(NC(=O)Cc1cccc(F)c1)C(=O)N1CCN(c2cccc(C)n2)CC1. The highest BCUT2D eigenvalue weighted by Crippen LogP contribution is 2.16. The topological polar surface area (TPSA) is 94.6 Å². The van der Waals surface area contributed by atoms with E-state index in [4.69, 9.17) is 0 Å². The normalized spacial score (nSPS) is 14.2. The third-order valence-corrected chi connectivity index (χ3v) is 6.08. The van der Waals surface area contributed by atoms with Gasteiger partial charge in [0.2, 0.25) is 17.7 Å². The minimum absolute atomic E-state index is 0.0102. The first-order valence-electron chi connectivity index (χ1n) is 12.3. The van der Waals surface area contributed by atoms with Gasteiger partial charge in [-0.1, -0.05) is 24.8 Å². The number of carbonyl (C=O) groups excluding carboxylic acids is 3. The van der Waals surface area contributed by atoms with E-state index < -0.39 is 11.9 Å². The number of rotatable bonds is 11. The fourth-order valence-electron chi connectivity index (χ4n) is 4.17. The van der Waals surface area contributed by atoms with Crippen molar-refractivity contribution >= 4 is 23.5 Å². The van der Waals surface area contributed by atoms with Crippen LogP contribution in [0.15, 0.2) is 55.1 Å². The number of aryl methyl sites for hydroxylation is 1. The molecule has 192 valence electrons. The van der Waals surface area contributed by atoms with Crippen molar-refractivity contribution in [2.75, 3.05) is 37.6 Å². The third kappa shape index (κ3) is 8.18. The first-order valence-corrected chi connectivity index (χ1v) is 12.3. The molecule has 36 heavy (non-hydrogen) atoms. The highest BCUT2D eigenvalue weighted by molar-refractivity contribution is 5.88. The quantitative estimate of drug-likeness (QED) is 0.369. The molecule has 1 unspecified atom stereocenters. The highest BCUT2D eigenvalue weighted by atomic mass is 19.1. The van der Waals surface area contributed by atoms with Crippen molar-refractivity contribution in [3.63, 3.8) is 0 Å². The van der Waals surface area contributed by atoms with Gasteiger partial charge in [0.25, 0.3) is 0 Å². The van der Waals surface area contributed by atoms with Gasteiger partial charge in [0.15, 0.2) is 0 Å². The Kier molecular flexibility index (Phi) is 9.97. The van der Waals surface area contributed by atoms with Crippen molar-refractivity contribution in [3.05, 3.63) is 72.2 Å². The van der Waals surface area contributed by atoms with Crippen LogP contribution in [0.5, 0.6) is 0 Å². The predicted molar refractivity (Wildman–Crippen MR) is 137 cm³/mol. The average molecular weight is 496 g/mol. The molecule has 1 atom stereocenters. The highest BCUT2D eigenvalue weighted by Gasteiger charge is 2.29. The zero-order chi connectivity index (χ0) is 25.9. The summed E-state index contributed by atoms with van der Waals surface area (Å²) in [6.07, 6.45) is 2.95. The summed E-state index contributed by atoms with van der Waals surface area (Å²) in [5.41, 5.74) is 1.49. The van der Waals surface area contributed by atoms with Crippen molar-refractivity contribution in [3.8, 4) is 0 Å². The number of pyridine rings is 1. The van der Waals surface area contributed by atoms with Crippen molar-refractivity contribution in [1.82, 2.24) is 20.5 Å². The van der Waals surface area contributed by atoms with Crippen LogP contribution in [0.1, 0.15) is 30.5 Å². The lowest BCUT2D eigenvalue weighted by atomic mass is 10.1. The average Bonchev–Trinajstić information content (AvgIpc) is 2.87. The van der Waals surface area contributed by atoms with Gasteiger partial charge in [0.05, 0.1) is 6.42 Å². The predicted octanol–water partition coefficient (Wildman–Crippen LogP) is 2.38. The fourth-order valence-corrected chi connectivity index (χ4v) is 4.17. The summed E-state index contributed by atoms with van der Waals surface area (Å²) in [7, 11) is 0. The minimum atomic E-state index is -0.690. The van der Waals surface area contributed by atoms with E-state index in [1.165, 1.54) is 18.2 Å². The largest absolute Gasteiger partial charge is 0.353 e. The zero-order valence-corrected chi connectivity index (χ0v) is 20.7. The number of benzene rings is 1. The molecule has 0 spiro atoms. The lowest BCUT2D eigenvalue weighted by Crippen LogP contribution is -2.55. The van der Waals surface area contributed by atoms with Crippen LogP contribution >= 0.6 is 0 Å². The Morgan fingerprint density at radius 2 is 1.86 bits per heavy atom. The van der Waals surface area contributed by atoms with E-state index in [9.17, 15) is 18.8 Å². The van der Waals surface area contributed by atoms with Crippen LogP contribution in [-0.4, -0.2) is 66.4 Å². The molecule has 1 aliphatic heterocycles. The van der Waals surface area contributed by atoms with Gasteiger partial charge in [-0.15, -0.1) is 0 Å². The summed E-state index contributed by atoms with van der Waals surface area (Å²) in [6, 6.07) is 11.1. The van der Waals surface area contributed by atoms with Crippen LogP contribution in [0.25, 0.3) is 0 Å². The van der Waals surface area contributed by atoms with Crippen LogP contribution in [0.2, 0.25) is 0 Å². The summed E-state index contributed by atoms with van der Waals surface area (Å²) in [4.78, 5) is 45.9. The van der Waals surface area contributed by atoms with Gasteiger partial charge < -0.3 is 20.4 Å². The van der Waals surface area contributed by atoms with E-state index in [1.807, 2.05) is 25.1 Å². The number of anilines is 1. The second-order valence-electron chi connectivity index (χ2n) is 8.87. The number of halogens is 1. The maximum atomic E-state index is 13.5. The zero-order valence-electron chi connectivity index (χ0n) is 20.7. The first-order chi connectivity index (χ1) is 17.4. The molecule has 1 aliphatic rings. The molecule has 0 radical (unpaired) electrons. The molecule has 9 heteroatoms. The number of nitrogens with zero attached hydrogens (tertiary/aromatic N) is 3. The monoisotopic (exact) mass is 495 g/mol. The molecule has 0 aliphatic carbocycles. The smallest absolute Gasteiger partial charge is 0.245 e. The van der Waals surface area contributed by atoms with Crippen LogP contribution in [0, 0.1) is 12.7 Å². The van der Waals surface area contributed by atoms with Gasteiger partial charge >= 0.3 is 0 Å². The molecule has 1 aromatic carbocycles. The number of amides is 3. The molecule has 3 rings (SSSR count). The van der Waals surface area contributed by atoms with Gasteiger partial charge in [0.1, 0.15) is 17.7 Å². The number of piperazine rings is 1. The molecular formula is C27H34FN5O3. The molecular weight excluding hydrogens is 461 g/mol. The Labute approximate surface area is 211 Å². The molecule has 0 saturated carbocycles. The lowest BCUT2D eigenvalue weighted by Gasteiger charge is -2.37. The van der Waals surface area contributed by atoms with Crippen LogP contribution in [0.3, 0.4) is 0 Å². The molecule has 2 heterocycles. The summed E-state index contributed by atoms with van der Waals surface area (Å²) in [5.74, 6) is -0.220. The molecule has 2 aromatic rings. The Bertz CT molecular complexity index is 1070. The van der Waals surface area contributed by atoms with Crippen molar-refractivity contribution in [2.24, 2.45) is 0 Å². The molecule has 1 aromatic heterocycles. The number of aromatic nitrogens is 1. The molecule has 1 fully saturated rings. The molecule has 8 nitrogen and oxygen atoms in total. The van der Waals surface area contributed by atoms with Crippen molar-refractivity contribution in [1.29, 1.82) is 0 Å². The van der Waals surface area contributed by atoms with Crippen LogP contribution in [0.4, 0.5) is 10.2 Å². The van der Waals surface area contributed by atoms with E-state index >= 15 is 0 Å². The Hall–Kier alpha value is -3.75. The minimum Gasteiger partial charge on any atom is -0.353 e. The fraction of sp³-hybridized carbons (Fsp3) is 0.407. The maximum Gasteiger partial charge on any atom is 0.245 e. The summed E-state index contributed by atoms with van der Waals surface area (Å²) >= 11 is 0. The molecule has 2 N–H and O–H groups in total. The number of nitrogens with one attached hydrogen (secondary N) is 2. The van der Waals surface area contributed by atoms with Crippen LogP contribution < -0.4 is 15.5 Å². The first kappa shape index (κ1) is 26.8. The summed E-state index contributed by atoms with van der Waals surface area (Å²) in [5, 5.41) is 5.58. The van der Waals surface area contributed by atoms with E-state index in [0.717, 1.165) is 11.5 Å². The molecule has 1 saturated heterocycles. The molecule has 0 bridgehead atoms.